The molecule has 0 aliphatic carbocycles. The highest BCUT2D eigenvalue weighted by Gasteiger charge is 2.31. The second kappa shape index (κ2) is 7.31. The van der Waals surface area contributed by atoms with Crippen LogP contribution in [0.1, 0.15) is 27.4 Å². The van der Waals surface area contributed by atoms with Gasteiger partial charge in [-0.3, -0.25) is 9.69 Å². The Balaban J connectivity index is 1.84. The number of rotatable bonds is 4. The predicted molar refractivity (Wildman–Crippen MR) is 100 cm³/mol. The molecule has 0 radical (unpaired) electrons. The van der Waals surface area contributed by atoms with E-state index in [1.165, 1.54) is 24.2 Å². The summed E-state index contributed by atoms with van der Waals surface area (Å²) in [7, 11) is 1.29. The molecule has 6 nitrogen and oxygen atoms in total. The van der Waals surface area contributed by atoms with Crippen molar-refractivity contribution in [1.29, 1.82) is 0 Å². The van der Waals surface area contributed by atoms with Crippen LogP contribution < -0.4 is 5.32 Å². The molecule has 0 spiro atoms. The molecule has 2 heterocycles. The first-order valence-corrected chi connectivity index (χ1v) is 8.46. The molecule has 0 bridgehead atoms. The van der Waals surface area contributed by atoms with Gasteiger partial charge in [-0.1, -0.05) is 29.8 Å². The maximum Gasteiger partial charge on any atom is 0.341 e. The Kier molecular flexibility index (Phi) is 5.11. The van der Waals surface area contributed by atoms with Crippen LogP contribution in [0.25, 0.3) is 6.08 Å². The summed E-state index contributed by atoms with van der Waals surface area (Å²) in [4.78, 5) is 25.7. The van der Waals surface area contributed by atoms with Crippen LogP contribution >= 0.6 is 23.8 Å². The van der Waals surface area contributed by atoms with Gasteiger partial charge in [0.1, 0.15) is 22.8 Å². The Morgan fingerprint density at radius 1 is 1.42 bits per heavy atom. The molecule has 1 aromatic carbocycles. The first-order chi connectivity index (χ1) is 12.4. The van der Waals surface area contributed by atoms with Crippen molar-refractivity contribution >= 4 is 46.9 Å². The smallest absolute Gasteiger partial charge is 0.341 e. The van der Waals surface area contributed by atoms with Gasteiger partial charge in [0.05, 0.1) is 13.7 Å². The van der Waals surface area contributed by atoms with Crippen molar-refractivity contribution < 1.29 is 18.7 Å². The Morgan fingerprint density at radius 2 is 2.15 bits per heavy atom. The summed E-state index contributed by atoms with van der Waals surface area (Å²) in [6.07, 6.45) is 1.50. The van der Waals surface area contributed by atoms with E-state index in [0.29, 0.717) is 22.1 Å². The van der Waals surface area contributed by atoms with Crippen molar-refractivity contribution in [2.24, 2.45) is 0 Å². The molecule has 3 rings (SSSR count). The summed E-state index contributed by atoms with van der Waals surface area (Å²) in [6.45, 7) is 1.90. The van der Waals surface area contributed by atoms with Gasteiger partial charge in [0.25, 0.3) is 5.91 Å². The summed E-state index contributed by atoms with van der Waals surface area (Å²) in [5, 5.41) is 3.70. The number of thiocarbonyl (C=S) groups is 1. The van der Waals surface area contributed by atoms with Crippen molar-refractivity contribution in [3.8, 4) is 0 Å². The van der Waals surface area contributed by atoms with Crippen LogP contribution in [0.3, 0.4) is 0 Å². The zero-order valence-electron chi connectivity index (χ0n) is 14.0. The third kappa shape index (κ3) is 3.49. The van der Waals surface area contributed by atoms with E-state index in [2.05, 4.69) is 10.1 Å². The number of halogens is 1. The SMILES string of the molecule is COC(=O)c1cc(/C=C2\NC(=S)N(Cc3ccccc3Cl)C2=O)oc1C. The number of nitrogens with zero attached hydrogens (tertiary/aromatic N) is 1. The molecular weight excluding hydrogens is 376 g/mol. The lowest BCUT2D eigenvalue weighted by Gasteiger charge is -2.14. The molecule has 26 heavy (non-hydrogen) atoms. The molecule has 0 atom stereocenters. The monoisotopic (exact) mass is 390 g/mol. The number of carbonyl (C=O) groups is 2. The topological polar surface area (TPSA) is 71.8 Å². The Labute approximate surface area is 160 Å². The predicted octanol–water partition coefficient (Wildman–Crippen LogP) is 3.29. The Morgan fingerprint density at radius 3 is 2.85 bits per heavy atom. The van der Waals surface area contributed by atoms with Crippen LogP contribution in [0, 0.1) is 6.92 Å². The Bertz CT molecular complexity index is 935. The lowest BCUT2D eigenvalue weighted by atomic mass is 10.2. The van der Waals surface area contributed by atoms with Gasteiger partial charge in [0, 0.05) is 11.1 Å². The van der Waals surface area contributed by atoms with Gasteiger partial charge in [-0.2, -0.15) is 0 Å². The number of methoxy groups -OCH3 is 1. The van der Waals surface area contributed by atoms with E-state index >= 15 is 0 Å². The minimum atomic E-state index is -0.502. The number of esters is 1. The maximum absolute atomic E-state index is 12.6. The van der Waals surface area contributed by atoms with Crippen LogP contribution in [-0.2, 0) is 16.1 Å². The van der Waals surface area contributed by atoms with Crippen LogP contribution in [0.15, 0.2) is 40.4 Å². The van der Waals surface area contributed by atoms with Gasteiger partial charge in [-0.05, 0) is 36.8 Å². The maximum atomic E-state index is 12.6. The lowest BCUT2D eigenvalue weighted by molar-refractivity contribution is -0.122. The van der Waals surface area contributed by atoms with Crippen LogP contribution in [0.4, 0.5) is 0 Å². The van der Waals surface area contributed by atoms with Crippen molar-refractivity contribution in [3.05, 3.63) is 63.7 Å². The van der Waals surface area contributed by atoms with E-state index in [9.17, 15) is 9.59 Å². The number of furan rings is 1. The van der Waals surface area contributed by atoms with Crippen molar-refractivity contribution in [1.82, 2.24) is 10.2 Å². The second-order valence-electron chi connectivity index (χ2n) is 5.58. The average molecular weight is 391 g/mol. The van der Waals surface area contributed by atoms with Gasteiger partial charge in [-0.15, -0.1) is 0 Å². The van der Waals surface area contributed by atoms with E-state index < -0.39 is 5.97 Å². The minimum absolute atomic E-state index is 0.256. The highest BCUT2D eigenvalue weighted by atomic mass is 35.5. The zero-order chi connectivity index (χ0) is 18.8. The van der Waals surface area contributed by atoms with Crippen LogP contribution in [0.2, 0.25) is 5.02 Å². The fourth-order valence-corrected chi connectivity index (χ4v) is 3.00. The molecule has 134 valence electrons. The second-order valence-corrected chi connectivity index (χ2v) is 6.37. The number of benzene rings is 1. The number of nitrogens with one attached hydrogen (secondary N) is 1. The van der Waals surface area contributed by atoms with Gasteiger partial charge in [0.2, 0.25) is 0 Å². The largest absolute Gasteiger partial charge is 0.465 e. The molecule has 1 N–H and O–H groups in total. The minimum Gasteiger partial charge on any atom is -0.465 e. The average Bonchev–Trinajstić information content (AvgIpc) is 3.10. The lowest BCUT2D eigenvalue weighted by Crippen LogP contribution is -2.30. The van der Waals surface area contributed by atoms with E-state index in [-0.39, 0.29) is 23.3 Å². The van der Waals surface area contributed by atoms with Crippen LogP contribution in [0.5, 0.6) is 0 Å². The van der Waals surface area contributed by atoms with Crippen molar-refractivity contribution in [3.63, 3.8) is 0 Å². The summed E-state index contributed by atoms with van der Waals surface area (Å²) in [5.41, 5.74) is 1.35. The molecular formula is C18H15ClN2O4S. The van der Waals surface area contributed by atoms with Gasteiger partial charge in [-0.25, -0.2) is 4.79 Å². The molecule has 8 heteroatoms. The van der Waals surface area contributed by atoms with E-state index in [1.807, 2.05) is 18.2 Å². The standard InChI is InChI=1S/C18H15ClN2O4S/c1-10-13(17(23)24-2)7-12(25-10)8-15-16(22)21(18(26)20-15)9-11-5-3-4-6-14(11)19/h3-8H,9H2,1-2H3,(H,20,26)/b15-8-. The third-order valence-electron chi connectivity index (χ3n) is 3.88. The van der Waals surface area contributed by atoms with Gasteiger partial charge < -0.3 is 14.5 Å². The number of hydrogen-bond acceptors (Lipinski definition) is 5. The van der Waals surface area contributed by atoms with E-state index in [4.69, 9.17) is 28.2 Å². The number of aryl methyl sites for hydroxylation is 1. The van der Waals surface area contributed by atoms with Crippen molar-refractivity contribution in [2.75, 3.05) is 7.11 Å². The summed E-state index contributed by atoms with van der Waals surface area (Å²) < 4.78 is 10.2. The zero-order valence-corrected chi connectivity index (χ0v) is 15.6. The number of amides is 1. The Hall–Kier alpha value is -2.64. The molecule has 0 unspecified atom stereocenters. The van der Waals surface area contributed by atoms with Crippen LogP contribution in [-0.4, -0.2) is 29.0 Å². The fraction of sp³-hybridized carbons (Fsp3) is 0.167. The summed E-state index contributed by atoms with van der Waals surface area (Å²) in [5.74, 6) is -0.0492. The molecule has 1 saturated heterocycles. The molecule has 0 saturated carbocycles. The highest BCUT2D eigenvalue weighted by molar-refractivity contribution is 7.80. The molecule has 1 aliphatic heterocycles. The number of carbonyl (C=O) groups excluding carboxylic acids is 2. The van der Waals surface area contributed by atoms with Crippen molar-refractivity contribution in [2.45, 2.75) is 13.5 Å². The molecule has 1 aliphatic rings. The number of hydrogen-bond donors (Lipinski definition) is 1. The molecule has 2 aromatic rings. The molecule has 1 aromatic heterocycles. The van der Waals surface area contributed by atoms with Gasteiger partial charge in [0.15, 0.2) is 5.11 Å². The summed E-state index contributed by atoms with van der Waals surface area (Å²) in [6, 6.07) is 8.76. The third-order valence-corrected chi connectivity index (χ3v) is 4.57. The van der Waals surface area contributed by atoms with Gasteiger partial charge >= 0.3 is 5.97 Å². The number of ether oxygens (including phenoxy) is 1. The first-order valence-electron chi connectivity index (χ1n) is 7.67. The molecule has 1 fully saturated rings. The first kappa shape index (κ1) is 18.2. The highest BCUT2D eigenvalue weighted by Crippen LogP contribution is 2.23. The fourth-order valence-electron chi connectivity index (χ4n) is 2.54. The van der Waals surface area contributed by atoms with E-state index in [0.717, 1.165) is 5.56 Å². The van der Waals surface area contributed by atoms with E-state index in [1.54, 1.807) is 13.0 Å². The quantitative estimate of drug-likeness (QED) is 0.490. The normalized spacial score (nSPS) is 15.5. The summed E-state index contributed by atoms with van der Waals surface area (Å²) >= 11 is 11.4. The molecule has 1 amide bonds.